The SMILES string of the molecule is O=C(NCCOc1ccccc1F)Nc1ccccc1[N+](=O)[O-]. The van der Waals surface area contributed by atoms with Crippen molar-refractivity contribution in [2.24, 2.45) is 0 Å². The highest BCUT2D eigenvalue weighted by Gasteiger charge is 2.14. The minimum atomic E-state index is -0.614. The molecule has 8 heteroatoms. The molecule has 0 aliphatic heterocycles. The first kappa shape index (κ1) is 16.2. The molecule has 0 aliphatic rings. The Morgan fingerprint density at radius 2 is 1.87 bits per heavy atom. The predicted molar refractivity (Wildman–Crippen MR) is 82.0 cm³/mol. The molecule has 0 aromatic heterocycles. The summed E-state index contributed by atoms with van der Waals surface area (Å²) in [6.45, 7) is 0.173. The summed E-state index contributed by atoms with van der Waals surface area (Å²) in [6, 6.07) is 11.1. The highest BCUT2D eigenvalue weighted by molar-refractivity contribution is 5.91. The van der Waals surface area contributed by atoms with Gasteiger partial charge in [0.2, 0.25) is 0 Å². The van der Waals surface area contributed by atoms with Crippen molar-refractivity contribution in [3.8, 4) is 5.75 Å². The highest BCUT2D eigenvalue weighted by atomic mass is 19.1. The van der Waals surface area contributed by atoms with Crippen LogP contribution >= 0.6 is 0 Å². The number of nitrogens with one attached hydrogen (secondary N) is 2. The number of urea groups is 1. The van der Waals surface area contributed by atoms with Crippen LogP contribution in [-0.2, 0) is 0 Å². The molecule has 7 nitrogen and oxygen atoms in total. The van der Waals surface area contributed by atoms with Crippen LogP contribution in [0, 0.1) is 15.9 Å². The summed E-state index contributed by atoms with van der Waals surface area (Å²) >= 11 is 0. The summed E-state index contributed by atoms with van der Waals surface area (Å²) < 4.78 is 18.5. The van der Waals surface area contributed by atoms with Crippen molar-refractivity contribution in [3.05, 3.63) is 64.5 Å². The molecule has 0 radical (unpaired) electrons. The van der Waals surface area contributed by atoms with Crippen molar-refractivity contribution in [3.63, 3.8) is 0 Å². The lowest BCUT2D eigenvalue weighted by Gasteiger charge is -2.09. The van der Waals surface area contributed by atoms with E-state index in [1.807, 2.05) is 0 Å². The number of carbonyl (C=O) groups is 1. The summed E-state index contributed by atoms with van der Waals surface area (Å²) in [5.41, 5.74) is -0.115. The Hall–Kier alpha value is -3.16. The molecule has 0 spiro atoms. The van der Waals surface area contributed by atoms with Crippen molar-refractivity contribution in [2.45, 2.75) is 0 Å². The Bertz CT molecular complexity index is 709. The normalized spacial score (nSPS) is 9.96. The number of amides is 2. The molecule has 120 valence electrons. The average Bonchev–Trinajstić information content (AvgIpc) is 2.53. The minimum absolute atomic E-state index is 0.0608. The van der Waals surface area contributed by atoms with E-state index in [1.54, 1.807) is 18.2 Å². The van der Waals surface area contributed by atoms with Crippen LogP contribution in [0.5, 0.6) is 5.75 Å². The van der Waals surface area contributed by atoms with E-state index in [1.165, 1.54) is 30.3 Å². The molecule has 0 heterocycles. The fourth-order valence-corrected chi connectivity index (χ4v) is 1.79. The zero-order chi connectivity index (χ0) is 16.7. The number of nitro groups is 1. The second kappa shape index (κ2) is 7.74. The van der Waals surface area contributed by atoms with Crippen LogP contribution in [0.3, 0.4) is 0 Å². The maximum absolute atomic E-state index is 13.3. The number of nitrogens with zero attached hydrogens (tertiary/aromatic N) is 1. The van der Waals surface area contributed by atoms with E-state index in [4.69, 9.17) is 4.74 Å². The molecule has 0 fully saturated rings. The number of carbonyl (C=O) groups excluding carboxylic acids is 1. The van der Waals surface area contributed by atoms with Crippen molar-refractivity contribution in [1.82, 2.24) is 5.32 Å². The van der Waals surface area contributed by atoms with Crippen molar-refractivity contribution in [2.75, 3.05) is 18.5 Å². The molecular weight excluding hydrogens is 305 g/mol. The van der Waals surface area contributed by atoms with Gasteiger partial charge in [0.15, 0.2) is 11.6 Å². The number of anilines is 1. The molecule has 0 saturated carbocycles. The van der Waals surface area contributed by atoms with Gasteiger partial charge in [-0.05, 0) is 18.2 Å². The van der Waals surface area contributed by atoms with Gasteiger partial charge in [0.25, 0.3) is 5.69 Å². The largest absolute Gasteiger partial charge is 0.489 e. The Balaban J connectivity index is 1.80. The number of halogens is 1. The minimum Gasteiger partial charge on any atom is -0.489 e. The molecule has 0 saturated heterocycles. The van der Waals surface area contributed by atoms with Crippen molar-refractivity contribution >= 4 is 17.4 Å². The third-order valence-corrected chi connectivity index (χ3v) is 2.83. The number of nitro benzene ring substituents is 1. The third-order valence-electron chi connectivity index (χ3n) is 2.83. The molecule has 0 atom stereocenters. The number of hydrogen-bond acceptors (Lipinski definition) is 4. The van der Waals surface area contributed by atoms with E-state index in [2.05, 4.69) is 10.6 Å². The van der Waals surface area contributed by atoms with Crippen LogP contribution in [0.4, 0.5) is 20.6 Å². The number of hydrogen-bond donors (Lipinski definition) is 2. The van der Waals surface area contributed by atoms with Gasteiger partial charge in [-0.1, -0.05) is 24.3 Å². The molecule has 0 unspecified atom stereocenters. The van der Waals surface area contributed by atoms with Crippen molar-refractivity contribution in [1.29, 1.82) is 0 Å². The number of para-hydroxylation sites is 3. The Morgan fingerprint density at radius 3 is 2.61 bits per heavy atom. The van der Waals surface area contributed by atoms with E-state index in [9.17, 15) is 19.3 Å². The zero-order valence-electron chi connectivity index (χ0n) is 12.0. The van der Waals surface area contributed by atoms with Gasteiger partial charge in [-0.15, -0.1) is 0 Å². The Morgan fingerprint density at radius 1 is 1.17 bits per heavy atom. The quantitative estimate of drug-likeness (QED) is 0.486. The van der Waals surface area contributed by atoms with Gasteiger partial charge in [-0.25, -0.2) is 9.18 Å². The standard InChI is InChI=1S/C15H14FN3O4/c16-11-5-1-4-8-14(11)23-10-9-17-15(20)18-12-6-2-3-7-13(12)19(21)22/h1-8H,9-10H2,(H2,17,18,20). The maximum atomic E-state index is 13.3. The first-order valence-electron chi connectivity index (χ1n) is 6.73. The number of ether oxygens (including phenoxy) is 1. The second-order valence-corrected chi connectivity index (χ2v) is 4.43. The number of benzene rings is 2. The molecule has 2 rings (SSSR count). The summed E-state index contributed by atoms with van der Waals surface area (Å²) in [5, 5.41) is 15.7. The summed E-state index contributed by atoms with van der Waals surface area (Å²) in [6.07, 6.45) is 0. The molecule has 2 N–H and O–H groups in total. The third kappa shape index (κ3) is 4.67. The van der Waals surface area contributed by atoms with Crippen LogP contribution in [0.15, 0.2) is 48.5 Å². The van der Waals surface area contributed by atoms with E-state index in [-0.39, 0.29) is 30.3 Å². The van der Waals surface area contributed by atoms with Crippen LogP contribution in [-0.4, -0.2) is 24.1 Å². The number of rotatable bonds is 6. The van der Waals surface area contributed by atoms with E-state index < -0.39 is 16.8 Å². The Kier molecular flexibility index (Phi) is 5.45. The van der Waals surface area contributed by atoms with E-state index in [0.29, 0.717) is 0 Å². The molecule has 2 aromatic carbocycles. The molecule has 0 bridgehead atoms. The van der Waals surface area contributed by atoms with E-state index >= 15 is 0 Å². The molecular formula is C15H14FN3O4. The summed E-state index contributed by atoms with van der Waals surface area (Å²) in [5.74, 6) is -0.398. The molecule has 0 aliphatic carbocycles. The Labute approximate surface area is 131 Å². The van der Waals surface area contributed by atoms with Gasteiger partial charge in [0.1, 0.15) is 12.3 Å². The van der Waals surface area contributed by atoms with Crippen LogP contribution < -0.4 is 15.4 Å². The predicted octanol–water partition coefficient (Wildman–Crippen LogP) is 2.93. The van der Waals surface area contributed by atoms with Gasteiger partial charge in [0, 0.05) is 6.07 Å². The molecule has 23 heavy (non-hydrogen) atoms. The van der Waals surface area contributed by atoms with Gasteiger partial charge >= 0.3 is 6.03 Å². The molecule has 2 aromatic rings. The summed E-state index contributed by atoms with van der Waals surface area (Å²) in [7, 11) is 0. The second-order valence-electron chi connectivity index (χ2n) is 4.43. The average molecular weight is 319 g/mol. The fourth-order valence-electron chi connectivity index (χ4n) is 1.79. The van der Waals surface area contributed by atoms with Gasteiger partial charge in [0.05, 0.1) is 11.5 Å². The van der Waals surface area contributed by atoms with Gasteiger partial charge in [-0.2, -0.15) is 0 Å². The van der Waals surface area contributed by atoms with Crippen LogP contribution in [0.2, 0.25) is 0 Å². The molecule has 2 amide bonds. The van der Waals surface area contributed by atoms with Crippen LogP contribution in [0.1, 0.15) is 0 Å². The maximum Gasteiger partial charge on any atom is 0.319 e. The van der Waals surface area contributed by atoms with Gasteiger partial charge in [-0.3, -0.25) is 10.1 Å². The van der Waals surface area contributed by atoms with Gasteiger partial charge < -0.3 is 15.4 Å². The zero-order valence-corrected chi connectivity index (χ0v) is 12.0. The van der Waals surface area contributed by atoms with E-state index in [0.717, 1.165) is 0 Å². The van der Waals surface area contributed by atoms with Crippen molar-refractivity contribution < 1.29 is 18.8 Å². The summed E-state index contributed by atoms with van der Waals surface area (Å²) in [4.78, 5) is 21.9. The smallest absolute Gasteiger partial charge is 0.319 e. The lowest BCUT2D eigenvalue weighted by Crippen LogP contribution is -2.32. The fraction of sp³-hybridized carbons (Fsp3) is 0.133. The highest BCUT2D eigenvalue weighted by Crippen LogP contribution is 2.22. The lowest BCUT2D eigenvalue weighted by molar-refractivity contribution is -0.383. The van der Waals surface area contributed by atoms with Crippen LogP contribution in [0.25, 0.3) is 0 Å². The monoisotopic (exact) mass is 319 g/mol. The first-order valence-corrected chi connectivity index (χ1v) is 6.73. The first-order chi connectivity index (χ1) is 11.1. The topological polar surface area (TPSA) is 93.5 Å². The lowest BCUT2D eigenvalue weighted by atomic mass is 10.3.